The van der Waals surface area contributed by atoms with Crippen LogP contribution >= 0.6 is 0 Å². The van der Waals surface area contributed by atoms with E-state index < -0.39 is 0 Å². The van der Waals surface area contributed by atoms with E-state index in [9.17, 15) is 0 Å². The van der Waals surface area contributed by atoms with Gasteiger partial charge < -0.3 is 14.7 Å². The molecule has 11 rings (SSSR count). The van der Waals surface area contributed by atoms with Crippen molar-refractivity contribution >= 4 is 0 Å². The van der Waals surface area contributed by atoms with Crippen LogP contribution in [-0.4, -0.2) is 214 Å². The average molecular weight is 925 g/mol. The largest absolute Gasteiger partial charge is 0.305 e. The molecule has 8 atom stereocenters. The van der Waals surface area contributed by atoms with E-state index in [2.05, 4.69) is 183 Å². The van der Waals surface area contributed by atoms with Crippen LogP contribution in [0.25, 0.3) is 0 Å². The van der Waals surface area contributed by atoms with Gasteiger partial charge in [0.2, 0.25) is 0 Å². The van der Waals surface area contributed by atoms with Gasteiger partial charge in [0, 0.05) is 136 Å². The smallest absolute Gasteiger partial charge is 0.0244 e. The zero-order valence-electron chi connectivity index (χ0n) is 47.8. The Hall–Kier alpha value is -0.360. The number of piperidine rings is 2. The van der Waals surface area contributed by atoms with Gasteiger partial charge in [-0.2, -0.15) is 0 Å². The summed E-state index contributed by atoms with van der Waals surface area (Å²) in [7, 11) is 6.83. The Bertz CT molecular complexity index is 1490. The van der Waals surface area contributed by atoms with E-state index in [0.29, 0.717) is 38.5 Å². The third kappa shape index (κ3) is 14.0. The summed E-state index contributed by atoms with van der Waals surface area (Å²) in [6.07, 6.45) is 14.4. The first-order valence-corrected chi connectivity index (χ1v) is 27.9. The van der Waals surface area contributed by atoms with Crippen LogP contribution in [-0.2, 0) is 0 Å². The van der Waals surface area contributed by atoms with Gasteiger partial charge in [0.25, 0.3) is 0 Å². The van der Waals surface area contributed by atoms with E-state index >= 15 is 0 Å². The van der Waals surface area contributed by atoms with Crippen LogP contribution < -0.4 is 0 Å². The summed E-state index contributed by atoms with van der Waals surface area (Å²) in [6, 6.07) is 5.09. The van der Waals surface area contributed by atoms with Gasteiger partial charge in [-0.1, -0.05) is 13.8 Å². The SMILES string of the molecule is CC(C)(C)N1CCC2CCC1CC2.CC(C)(C)N1CCN2CCC1C2.CN1C2CCC1CN(C(C)(C)C)C2.CN1CC2(C)CN(C(C)(C)C)CC(C)(C1)C2.CN1CC2CC1CN2C(C)(C)C. The molecule has 10 aliphatic heterocycles. The number of likely N-dealkylation sites (tertiary alicyclic amines) is 5. The molecule has 0 aromatic carbocycles. The van der Waals surface area contributed by atoms with Crippen molar-refractivity contribution in [1.29, 1.82) is 0 Å². The summed E-state index contributed by atoms with van der Waals surface area (Å²) in [5.74, 6) is 1.06. The Morgan fingerprint density at radius 1 is 0.379 bits per heavy atom. The fourth-order valence-corrected chi connectivity index (χ4v) is 15.2. The monoisotopic (exact) mass is 924 g/mol. The van der Waals surface area contributed by atoms with Crippen molar-refractivity contribution in [3.05, 3.63) is 0 Å². The van der Waals surface area contributed by atoms with Crippen molar-refractivity contribution in [1.82, 2.24) is 44.1 Å². The second-order valence-electron chi connectivity index (χ2n) is 29.9. The number of fused-ring (bicyclic) bond motifs is 12. The first-order chi connectivity index (χ1) is 30.2. The predicted octanol–water partition coefficient (Wildman–Crippen LogP) is 9.41. The van der Waals surface area contributed by atoms with Crippen molar-refractivity contribution in [2.24, 2.45) is 16.7 Å². The molecule has 0 aromatic rings. The summed E-state index contributed by atoms with van der Waals surface area (Å²) < 4.78 is 0. The average Bonchev–Trinajstić information content (AvgIpc) is 3.80. The molecule has 10 bridgehead atoms. The third-order valence-corrected chi connectivity index (χ3v) is 18.5. The van der Waals surface area contributed by atoms with Crippen LogP contribution in [0.4, 0.5) is 0 Å². The van der Waals surface area contributed by atoms with Crippen LogP contribution in [0.5, 0.6) is 0 Å². The maximum Gasteiger partial charge on any atom is 0.0244 e. The third-order valence-electron chi connectivity index (χ3n) is 18.5. The molecular formula is C57H113N9. The minimum Gasteiger partial charge on any atom is -0.305 e. The van der Waals surface area contributed by atoms with E-state index in [1.165, 1.54) is 149 Å². The summed E-state index contributed by atoms with van der Waals surface area (Å²) in [4.78, 5) is 23.7. The molecule has 0 aromatic heterocycles. The maximum absolute atomic E-state index is 2.75. The molecule has 11 aliphatic rings. The fraction of sp³-hybridized carbons (Fsp3) is 1.00. The van der Waals surface area contributed by atoms with Crippen LogP contribution in [0.3, 0.4) is 0 Å². The van der Waals surface area contributed by atoms with Crippen molar-refractivity contribution in [3.63, 3.8) is 0 Å². The van der Waals surface area contributed by atoms with Gasteiger partial charge in [0.15, 0.2) is 0 Å². The van der Waals surface area contributed by atoms with Gasteiger partial charge in [-0.3, -0.25) is 29.4 Å². The molecule has 0 radical (unpaired) electrons. The Balaban J connectivity index is 0.000000137. The number of nitrogens with zero attached hydrogens (tertiary/aromatic N) is 9. The fourth-order valence-electron chi connectivity index (χ4n) is 15.2. The number of likely N-dealkylation sites (N-methyl/N-ethyl adjacent to an activating group) is 2. The molecule has 0 spiro atoms. The highest BCUT2D eigenvalue weighted by Crippen LogP contribution is 2.47. The quantitative estimate of drug-likeness (QED) is 0.236. The van der Waals surface area contributed by atoms with E-state index in [1.54, 1.807) is 0 Å². The van der Waals surface area contributed by atoms with E-state index in [4.69, 9.17) is 0 Å². The van der Waals surface area contributed by atoms with E-state index in [1.807, 2.05) is 0 Å². The van der Waals surface area contributed by atoms with E-state index in [0.717, 1.165) is 42.2 Å². The molecule has 9 heteroatoms. The van der Waals surface area contributed by atoms with Crippen molar-refractivity contribution in [2.45, 2.75) is 246 Å². The van der Waals surface area contributed by atoms with Crippen molar-refractivity contribution in [2.75, 3.05) is 106 Å². The summed E-state index contributed by atoms with van der Waals surface area (Å²) >= 11 is 0. The van der Waals surface area contributed by atoms with Crippen molar-refractivity contribution < 1.29 is 0 Å². The molecule has 1 saturated carbocycles. The first kappa shape index (κ1) is 55.0. The zero-order chi connectivity index (χ0) is 49.0. The Morgan fingerprint density at radius 3 is 1.33 bits per heavy atom. The van der Waals surface area contributed by atoms with Gasteiger partial charge in [0.1, 0.15) is 0 Å². The van der Waals surface area contributed by atoms with Crippen LogP contribution in [0, 0.1) is 16.7 Å². The lowest BCUT2D eigenvalue weighted by molar-refractivity contribution is -0.0930. The summed E-state index contributed by atoms with van der Waals surface area (Å²) in [5.41, 5.74) is 2.81. The van der Waals surface area contributed by atoms with Crippen LogP contribution in [0.2, 0.25) is 0 Å². The molecule has 10 heterocycles. The second kappa shape index (κ2) is 20.6. The molecule has 10 saturated heterocycles. The highest BCUT2D eigenvalue weighted by atomic mass is 15.4. The molecule has 0 amide bonds. The van der Waals surface area contributed by atoms with E-state index in [-0.39, 0.29) is 0 Å². The molecule has 66 heavy (non-hydrogen) atoms. The predicted molar refractivity (Wildman–Crippen MR) is 285 cm³/mol. The van der Waals surface area contributed by atoms with Gasteiger partial charge in [-0.15, -0.1) is 0 Å². The molecule has 0 N–H and O–H groups in total. The first-order valence-electron chi connectivity index (χ1n) is 27.9. The number of hydrogen-bond donors (Lipinski definition) is 0. The van der Waals surface area contributed by atoms with Gasteiger partial charge in [-0.05, 0) is 219 Å². The molecule has 1 aliphatic carbocycles. The van der Waals surface area contributed by atoms with Gasteiger partial charge in [0.05, 0.1) is 0 Å². The zero-order valence-corrected chi connectivity index (χ0v) is 47.8. The summed E-state index contributed by atoms with van der Waals surface area (Å²) in [6.45, 7) is 56.8. The second-order valence-corrected chi connectivity index (χ2v) is 29.9. The molecule has 386 valence electrons. The molecule has 9 nitrogen and oxygen atoms in total. The standard InChI is InChI=1S/C14H28N2.C12H23N.C11H22N2.2C10H20N2/c1-12(2,3)16-10-13(4)7-14(5,11-16)9-15(6)8-13;1-12(2,3)13-9-8-10-4-6-11(13)7-5-10;1-11(2,3)13-7-9-5-6-10(8-13)12(9)4;1-10(2,3)12-7-8-5-9(12)6-11(8)4;1-10(2,3)12-7-6-11-5-4-9(12)8-11/h7-11H2,1-6H3;10-11H,4-9H2,1-3H3;9-10H,5-8H2,1-4H3;8-9H,5-7H2,1-4H3;9H,4-8H2,1-3H3. The number of rotatable bonds is 0. The van der Waals surface area contributed by atoms with Crippen LogP contribution in [0.1, 0.15) is 182 Å². The minimum atomic E-state index is 0.318. The lowest BCUT2D eigenvalue weighted by Gasteiger charge is -2.59. The molecule has 8 unspecified atom stereocenters. The Labute approximate surface area is 411 Å². The van der Waals surface area contributed by atoms with Crippen molar-refractivity contribution in [3.8, 4) is 0 Å². The minimum absolute atomic E-state index is 0.318. The highest BCUT2D eigenvalue weighted by molar-refractivity contribution is 5.04. The normalized spacial score (nSPS) is 38.4. The molecule has 11 fully saturated rings. The Morgan fingerprint density at radius 2 is 0.879 bits per heavy atom. The van der Waals surface area contributed by atoms with Gasteiger partial charge >= 0.3 is 0 Å². The highest BCUT2D eigenvalue weighted by Gasteiger charge is 2.50. The number of hydrogen-bond acceptors (Lipinski definition) is 9. The van der Waals surface area contributed by atoms with Crippen LogP contribution in [0.15, 0.2) is 0 Å². The Kier molecular flexibility index (Phi) is 17.2. The number of piperazine rings is 3. The van der Waals surface area contributed by atoms with Gasteiger partial charge in [-0.25, -0.2) is 0 Å². The molecular weight excluding hydrogens is 811 g/mol. The topological polar surface area (TPSA) is 29.2 Å². The maximum atomic E-state index is 2.75. The lowest BCUT2D eigenvalue weighted by Crippen LogP contribution is -2.64. The lowest BCUT2D eigenvalue weighted by atomic mass is 9.65. The summed E-state index contributed by atoms with van der Waals surface area (Å²) in [5, 5.41) is 0.